The Kier molecular flexibility index (Phi) is 3.29. The lowest BCUT2D eigenvalue weighted by molar-refractivity contribution is 0.597. The zero-order chi connectivity index (χ0) is 13.9. The molecule has 11 heteroatoms. The fourth-order valence-corrected chi connectivity index (χ4v) is 2.10. The normalized spacial score (nSPS) is 10.9. The molecule has 2 aromatic rings. The molecular formula is C8H10N8O2S. The van der Waals surface area contributed by atoms with Crippen molar-refractivity contribution in [2.75, 3.05) is 10.0 Å². The van der Waals surface area contributed by atoms with Gasteiger partial charge in [-0.25, -0.2) is 4.98 Å². The molecule has 0 fully saturated rings. The van der Waals surface area contributed by atoms with Gasteiger partial charge < -0.3 is 5.73 Å². The minimum absolute atomic E-state index is 0.00901. The number of nitrogens with one attached hydrogen (secondary N) is 4. The Morgan fingerprint density at radius 2 is 2.21 bits per heavy atom. The summed E-state index contributed by atoms with van der Waals surface area (Å²) in [5.41, 5.74) is 5.12. The summed E-state index contributed by atoms with van der Waals surface area (Å²) in [6.07, 6.45) is 2.71. The lowest BCUT2D eigenvalue weighted by Crippen LogP contribution is -2.22. The molecule has 2 rings (SSSR count). The van der Waals surface area contributed by atoms with Crippen LogP contribution in [0.1, 0.15) is 0 Å². The lowest BCUT2D eigenvalue weighted by Gasteiger charge is -2.06. The highest BCUT2D eigenvalue weighted by Gasteiger charge is 2.17. The van der Waals surface area contributed by atoms with Gasteiger partial charge in [-0.2, -0.15) is 18.5 Å². The van der Waals surface area contributed by atoms with Crippen LogP contribution in [0.4, 0.5) is 11.8 Å². The summed E-state index contributed by atoms with van der Waals surface area (Å²) >= 11 is 0. The van der Waals surface area contributed by atoms with Gasteiger partial charge >= 0.3 is 0 Å². The second-order valence-corrected chi connectivity index (χ2v) is 4.95. The summed E-state index contributed by atoms with van der Waals surface area (Å²) in [5.74, 6) is -0.316. The second kappa shape index (κ2) is 4.89. The summed E-state index contributed by atoms with van der Waals surface area (Å²) in [7, 11) is -3.81. The van der Waals surface area contributed by atoms with Crippen molar-refractivity contribution in [2.45, 2.75) is 5.03 Å². The molecule has 0 radical (unpaired) electrons. The maximum Gasteiger partial charge on any atom is 0.282 e. The summed E-state index contributed by atoms with van der Waals surface area (Å²) in [5, 5.41) is 15.2. The first kappa shape index (κ1) is 12.8. The van der Waals surface area contributed by atoms with Gasteiger partial charge in [0.25, 0.3) is 10.0 Å². The van der Waals surface area contributed by atoms with Crippen molar-refractivity contribution < 1.29 is 8.42 Å². The van der Waals surface area contributed by atoms with Crippen molar-refractivity contribution in [1.82, 2.24) is 20.2 Å². The highest BCUT2D eigenvalue weighted by Crippen LogP contribution is 2.12. The molecule has 2 aromatic heterocycles. The molecule has 19 heavy (non-hydrogen) atoms. The van der Waals surface area contributed by atoms with Gasteiger partial charge in [-0.05, 0) is 12.1 Å². The topological polar surface area (TPSA) is 163 Å². The SMILES string of the molecule is N=C(N)Nc1nccc(NS(=O)(=O)c2cc[nH]n2)n1. The molecule has 0 spiro atoms. The molecule has 0 aliphatic rings. The molecule has 0 aliphatic carbocycles. The number of hydrogen-bond donors (Lipinski definition) is 5. The Balaban J connectivity index is 2.22. The Bertz CT molecular complexity index is 681. The standard InChI is InChI=1S/C8H10N8O2S/c9-7(10)14-8-11-3-1-5(13-8)16-19(17,18)6-2-4-12-15-6/h1-4H,(H,12,15)(H5,9,10,11,13,14,16). The third kappa shape index (κ3) is 3.16. The van der Waals surface area contributed by atoms with Crippen molar-refractivity contribution in [3.05, 3.63) is 24.5 Å². The van der Waals surface area contributed by atoms with E-state index in [1.165, 1.54) is 24.5 Å². The molecule has 0 aromatic carbocycles. The van der Waals surface area contributed by atoms with Gasteiger partial charge in [0.2, 0.25) is 5.95 Å². The van der Waals surface area contributed by atoms with Crippen molar-refractivity contribution in [3.8, 4) is 0 Å². The first-order valence-corrected chi connectivity index (χ1v) is 6.42. The van der Waals surface area contributed by atoms with Crippen molar-refractivity contribution in [3.63, 3.8) is 0 Å². The van der Waals surface area contributed by atoms with E-state index in [1.54, 1.807) is 0 Å². The van der Waals surface area contributed by atoms with Crippen LogP contribution in [0.15, 0.2) is 29.6 Å². The van der Waals surface area contributed by atoms with Crippen molar-refractivity contribution in [2.24, 2.45) is 5.73 Å². The van der Waals surface area contributed by atoms with Crippen LogP contribution in [0.3, 0.4) is 0 Å². The number of aromatic nitrogens is 4. The molecule has 10 nitrogen and oxygen atoms in total. The molecule has 0 amide bonds. The molecule has 0 saturated heterocycles. The number of anilines is 2. The Hall–Kier alpha value is -2.69. The molecule has 0 aliphatic heterocycles. The maximum absolute atomic E-state index is 11.9. The van der Waals surface area contributed by atoms with Crippen LogP contribution in [0, 0.1) is 5.41 Å². The van der Waals surface area contributed by atoms with E-state index in [-0.39, 0.29) is 22.8 Å². The molecule has 0 saturated carbocycles. The summed E-state index contributed by atoms with van der Waals surface area (Å²) in [6, 6.07) is 2.66. The Morgan fingerprint density at radius 3 is 2.84 bits per heavy atom. The van der Waals surface area contributed by atoms with Crippen LogP contribution in [0.25, 0.3) is 0 Å². The zero-order valence-electron chi connectivity index (χ0n) is 9.45. The summed E-state index contributed by atoms with van der Waals surface area (Å²) in [4.78, 5) is 7.61. The number of rotatable bonds is 4. The average molecular weight is 282 g/mol. The largest absolute Gasteiger partial charge is 0.370 e. The van der Waals surface area contributed by atoms with E-state index < -0.39 is 10.0 Å². The number of hydrogen-bond acceptors (Lipinski definition) is 6. The van der Waals surface area contributed by atoms with Crippen LogP contribution in [-0.4, -0.2) is 34.5 Å². The van der Waals surface area contributed by atoms with Gasteiger partial charge in [-0.15, -0.1) is 0 Å². The third-order valence-corrected chi connectivity index (χ3v) is 3.15. The van der Waals surface area contributed by atoms with Gasteiger partial charge in [0.05, 0.1) is 0 Å². The highest BCUT2D eigenvalue weighted by atomic mass is 32.2. The number of sulfonamides is 1. The lowest BCUT2D eigenvalue weighted by atomic mass is 10.6. The van der Waals surface area contributed by atoms with Crippen LogP contribution in [0.5, 0.6) is 0 Å². The average Bonchev–Trinajstić information content (AvgIpc) is 2.81. The fraction of sp³-hybridized carbons (Fsp3) is 0. The second-order valence-electron chi connectivity index (χ2n) is 3.32. The summed E-state index contributed by atoms with van der Waals surface area (Å²) in [6.45, 7) is 0. The predicted molar refractivity (Wildman–Crippen MR) is 67.0 cm³/mol. The van der Waals surface area contributed by atoms with E-state index in [4.69, 9.17) is 11.1 Å². The molecule has 6 N–H and O–H groups in total. The van der Waals surface area contributed by atoms with E-state index in [1.807, 2.05) is 0 Å². The van der Waals surface area contributed by atoms with Gasteiger partial charge in [0.15, 0.2) is 11.0 Å². The van der Waals surface area contributed by atoms with E-state index >= 15 is 0 Å². The Morgan fingerprint density at radius 1 is 1.42 bits per heavy atom. The first-order chi connectivity index (χ1) is 8.97. The molecule has 0 unspecified atom stereocenters. The monoisotopic (exact) mass is 282 g/mol. The molecule has 2 heterocycles. The number of nitrogens with two attached hydrogens (primary N) is 1. The van der Waals surface area contributed by atoms with Gasteiger partial charge in [0.1, 0.15) is 5.82 Å². The van der Waals surface area contributed by atoms with Crippen molar-refractivity contribution >= 4 is 27.7 Å². The quantitative estimate of drug-likeness (QED) is 0.366. The molecule has 0 bridgehead atoms. The minimum Gasteiger partial charge on any atom is -0.370 e. The number of guanidine groups is 1. The van der Waals surface area contributed by atoms with E-state index in [9.17, 15) is 8.42 Å². The smallest absolute Gasteiger partial charge is 0.282 e. The third-order valence-electron chi connectivity index (χ3n) is 1.89. The van der Waals surface area contributed by atoms with Crippen LogP contribution < -0.4 is 15.8 Å². The Labute approximate surface area is 108 Å². The van der Waals surface area contributed by atoms with Crippen LogP contribution in [0.2, 0.25) is 0 Å². The number of aromatic amines is 1. The van der Waals surface area contributed by atoms with E-state index in [2.05, 4.69) is 30.2 Å². The fourth-order valence-electron chi connectivity index (χ4n) is 1.18. The van der Waals surface area contributed by atoms with Crippen molar-refractivity contribution in [1.29, 1.82) is 5.41 Å². The predicted octanol–water partition coefficient (Wildman–Crippen LogP) is -0.694. The molecule has 100 valence electrons. The minimum atomic E-state index is -3.81. The van der Waals surface area contributed by atoms with E-state index in [0.717, 1.165) is 0 Å². The maximum atomic E-state index is 11.9. The number of nitrogens with zero attached hydrogens (tertiary/aromatic N) is 3. The van der Waals surface area contributed by atoms with E-state index in [0.29, 0.717) is 0 Å². The van der Waals surface area contributed by atoms with Crippen LogP contribution in [-0.2, 0) is 10.0 Å². The summed E-state index contributed by atoms with van der Waals surface area (Å²) < 4.78 is 25.9. The molecular weight excluding hydrogens is 272 g/mol. The van der Waals surface area contributed by atoms with Crippen LogP contribution >= 0.6 is 0 Å². The molecule has 0 atom stereocenters. The number of H-pyrrole nitrogens is 1. The highest BCUT2D eigenvalue weighted by molar-refractivity contribution is 7.92. The van der Waals surface area contributed by atoms with Gasteiger partial charge in [-0.1, -0.05) is 0 Å². The van der Waals surface area contributed by atoms with Gasteiger partial charge in [-0.3, -0.25) is 20.5 Å². The zero-order valence-corrected chi connectivity index (χ0v) is 10.3. The van der Waals surface area contributed by atoms with Gasteiger partial charge in [0, 0.05) is 12.4 Å². The first-order valence-electron chi connectivity index (χ1n) is 4.94.